The average Bonchev–Trinajstić information content (AvgIpc) is 2.77. The molecule has 1 amide bonds. The second-order valence-corrected chi connectivity index (χ2v) is 9.82. The van der Waals surface area contributed by atoms with Gasteiger partial charge in [0, 0.05) is 13.1 Å². The highest BCUT2D eigenvalue weighted by atomic mass is 32.2. The van der Waals surface area contributed by atoms with Crippen molar-refractivity contribution in [2.75, 3.05) is 19.7 Å². The number of hydrogen-bond acceptors (Lipinski definition) is 6. The first kappa shape index (κ1) is 23.9. The molecule has 0 aliphatic carbocycles. The topological polar surface area (TPSA) is 102 Å². The Kier molecular flexibility index (Phi) is 7.65. The summed E-state index contributed by atoms with van der Waals surface area (Å²) in [6.07, 6.45) is -0.447. The number of carbonyl (C=O) groups is 2. The summed E-state index contributed by atoms with van der Waals surface area (Å²) in [6.45, 7) is 5.47. The predicted molar refractivity (Wildman–Crippen MR) is 118 cm³/mol. The monoisotopic (exact) mass is 460 g/mol. The number of esters is 1. The molecule has 32 heavy (non-hydrogen) atoms. The van der Waals surface area contributed by atoms with E-state index in [4.69, 9.17) is 9.47 Å². The van der Waals surface area contributed by atoms with Crippen LogP contribution >= 0.6 is 0 Å². The number of carbonyl (C=O) groups excluding carboxylic acids is 2. The van der Waals surface area contributed by atoms with E-state index in [9.17, 15) is 18.0 Å². The molecule has 0 spiro atoms. The van der Waals surface area contributed by atoms with Crippen LogP contribution in [0.3, 0.4) is 0 Å². The molecule has 0 aromatic heterocycles. The van der Waals surface area contributed by atoms with Gasteiger partial charge in [0.05, 0.1) is 28.7 Å². The van der Waals surface area contributed by atoms with Gasteiger partial charge < -0.3 is 14.8 Å². The fourth-order valence-corrected chi connectivity index (χ4v) is 5.22. The molecule has 3 unspecified atom stereocenters. The largest absolute Gasteiger partial charge is 0.452 e. The van der Waals surface area contributed by atoms with Crippen molar-refractivity contribution in [3.63, 3.8) is 0 Å². The lowest BCUT2D eigenvalue weighted by Gasteiger charge is -2.34. The van der Waals surface area contributed by atoms with Gasteiger partial charge in [0.1, 0.15) is 0 Å². The van der Waals surface area contributed by atoms with E-state index < -0.39 is 28.5 Å². The molecule has 1 N–H and O–H groups in total. The van der Waals surface area contributed by atoms with Crippen LogP contribution in [0.2, 0.25) is 0 Å². The van der Waals surface area contributed by atoms with E-state index in [0.29, 0.717) is 0 Å². The molecule has 3 atom stereocenters. The van der Waals surface area contributed by atoms with Gasteiger partial charge in [0.25, 0.3) is 5.91 Å². The Labute approximate surface area is 188 Å². The van der Waals surface area contributed by atoms with Crippen molar-refractivity contribution in [3.05, 3.63) is 65.7 Å². The number of nitrogens with zero attached hydrogens (tertiary/aromatic N) is 1. The Morgan fingerprint density at radius 2 is 1.75 bits per heavy atom. The summed E-state index contributed by atoms with van der Waals surface area (Å²) in [4.78, 5) is 24.6. The van der Waals surface area contributed by atoms with Gasteiger partial charge in [0.2, 0.25) is 10.0 Å². The molecule has 8 nitrogen and oxygen atoms in total. The maximum absolute atomic E-state index is 13.0. The highest BCUT2D eigenvalue weighted by Crippen LogP contribution is 2.22. The van der Waals surface area contributed by atoms with Gasteiger partial charge in [-0.25, -0.2) is 13.2 Å². The molecular weight excluding hydrogens is 432 g/mol. The third-order valence-electron chi connectivity index (χ3n) is 5.11. The minimum Gasteiger partial charge on any atom is -0.452 e. The summed E-state index contributed by atoms with van der Waals surface area (Å²) in [7, 11) is -3.80. The fourth-order valence-electron chi connectivity index (χ4n) is 3.58. The molecule has 0 bridgehead atoms. The molecule has 2 aromatic rings. The van der Waals surface area contributed by atoms with Gasteiger partial charge in [-0.2, -0.15) is 4.31 Å². The smallest absolute Gasteiger partial charge is 0.338 e. The third kappa shape index (κ3) is 5.93. The normalized spacial score (nSPS) is 20.3. The number of ether oxygens (including phenoxy) is 2. The van der Waals surface area contributed by atoms with Crippen LogP contribution < -0.4 is 5.32 Å². The number of nitrogens with one attached hydrogen (secondary N) is 1. The van der Waals surface area contributed by atoms with Crippen LogP contribution in [0.4, 0.5) is 0 Å². The molecule has 1 aliphatic heterocycles. The van der Waals surface area contributed by atoms with E-state index in [1.54, 1.807) is 0 Å². The summed E-state index contributed by atoms with van der Waals surface area (Å²) >= 11 is 0. The van der Waals surface area contributed by atoms with E-state index in [1.165, 1.54) is 28.6 Å². The molecule has 3 rings (SSSR count). The first-order valence-electron chi connectivity index (χ1n) is 10.4. The number of sulfonamides is 1. The molecule has 0 radical (unpaired) electrons. The molecule has 1 aliphatic rings. The number of benzene rings is 2. The summed E-state index contributed by atoms with van der Waals surface area (Å²) in [6, 6.07) is 14.8. The molecule has 9 heteroatoms. The van der Waals surface area contributed by atoms with Gasteiger partial charge in [0.15, 0.2) is 6.61 Å². The van der Waals surface area contributed by atoms with Gasteiger partial charge in [-0.05, 0) is 44.5 Å². The van der Waals surface area contributed by atoms with Crippen molar-refractivity contribution in [3.8, 4) is 0 Å². The fraction of sp³-hybridized carbons (Fsp3) is 0.391. The first-order valence-corrected chi connectivity index (χ1v) is 11.9. The quantitative estimate of drug-likeness (QED) is 0.637. The summed E-state index contributed by atoms with van der Waals surface area (Å²) in [5.41, 5.74) is 0.987. The summed E-state index contributed by atoms with van der Waals surface area (Å²) < 4.78 is 38.1. The van der Waals surface area contributed by atoms with Crippen LogP contribution in [0, 0.1) is 0 Å². The molecule has 2 aromatic carbocycles. The number of morpholine rings is 1. The van der Waals surface area contributed by atoms with Gasteiger partial charge in [-0.15, -0.1) is 0 Å². The molecular formula is C23H28N2O6S. The zero-order chi connectivity index (χ0) is 23.3. The minimum atomic E-state index is -3.80. The summed E-state index contributed by atoms with van der Waals surface area (Å²) in [5, 5.41) is 2.76. The second kappa shape index (κ2) is 10.2. The van der Waals surface area contributed by atoms with Gasteiger partial charge in [-0.1, -0.05) is 36.4 Å². The molecule has 1 heterocycles. The summed E-state index contributed by atoms with van der Waals surface area (Å²) in [5.74, 6) is -1.22. The van der Waals surface area contributed by atoms with Crippen LogP contribution in [0.15, 0.2) is 59.5 Å². The van der Waals surface area contributed by atoms with E-state index in [-0.39, 0.29) is 41.8 Å². The van der Waals surface area contributed by atoms with Gasteiger partial charge in [-0.3, -0.25) is 4.79 Å². The van der Waals surface area contributed by atoms with Crippen molar-refractivity contribution in [2.45, 2.75) is 43.9 Å². The van der Waals surface area contributed by atoms with Crippen molar-refractivity contribution >= 4 is 21.9 Å². The van der Waals surface area contributed by atoms with E-state index in [0.717, 1.165) is 5.56 Å². The Bertz CT molecular complexity index is 1050. The van der Waals surface area contributed by atoms with Crippen molar-refractivity contribution in [1.29, 1.82) is 0 Å². The second-order valence-electron chi connectivity index (χ2n) is 7.88. The van der Waals surface area contributed by atoms with Gasteiger partial charge >= 0.3 is 5.97 Å². The lowest BCUT2D eigenvalue weighted by atomic mass is 10.1. The Hall–Kier alpha value is -2.75. The molecule has 172 valence electrons. The Balaban J connectivity index is 1.62. The minimum absolute atomic E-state index is 0.00426. The van der Waals surface area contributed by atoms with E-state index in [2.05, 4.69) is 5.32 Å². The molecule has 1 saturated heterocycles. The third-order valence-corrected chi connectivity index (χ3v) is 6.93. The van der Waals surface area contributed by atoms with E-state index >= 15 is 0 Å². The number of amides is 1. The number of rotatable bonds is 7. The lowest BCUT2D eigenvalue weighted by Crippen LogP contribution is -2.48. The Morgan fingerprint density at radius 1 is 1.09 bits per heavy atom. The van der Waals surface area contributed by atoms with E-state index in [1.807, 2.05) is 51.1 Å². The first-order chi connectivity index (χ1) is 15.2. The van der Waals surface area contributed by atoms with Crippen LogP contribution in [0.5, 0.6) is 0 Å². The van der Waals surface area contributed by atoms with Crippen LogP contribution in [0.1, 0.15) is 42.7 Å². The standard InChI is InChI=1S/C23H28N2O6S/c1-16-13-25(14-17(2)31-16)32(28,29)21-11-7-10-20(12-21)23(27)30-15-22(26)24-18(3)19-8-5-4-6-9-19/h4-12,16-18H,13-15H2,1-3H3,(H,24,26). The van der Waals surface area contributed by atoms with Crippen LogP contribution in [-0.2, 0) is 24.3 Å². The maximum atomic E-state index is 13.0. The predicted octanol–water partition coefficient (Wildman–Crippen LogP) is 2.52. The maximum Gasteiger partial charge on any atom is 0.338 e. The SMILES string of the molecule is CC1CN(S(=O)(=O)c2cccc(C(=O)OCC(=O)NC(C)c3ccccc3)c2)CC(C)O1. The molecule has 1 fully saturated rings. The van der Waals surface area contributed by atoms with Crippen molar-refractivity contribution in [1.82, 2.24) is 9.62 Å². The zero-order valence-corrected chi connectivity index (χ0v) is 19.2. The van der Waals surface area contributed by atoms with Crippen LogP contribution in [-0.4, -0.2) is 56.5 Å². The highest BCUT2D eigenvalue weighted by molar-refractivity contribution is 7.89. The van der Waals surface area contributed by atoms with Crippen molar-refractivity contribution in [2.24, 2.45) is 0 Å². The highest BCUT2D eigenvalue weighted by Gasteiger charge is 2.32. The molecule has 0 saturated carbocycles. The lowest BCUT2D eigenvalue weighted by molar-refractivity contribution is -0.124. The Morgan fingerprint density at radius 3 is 2.41 bits per heavy atom. The number of hydrogen-bond donors (Lipinski definition) is 1. The average molecular weight is 461 g/mol. The van der Waals surface area contributed by atoms with Crippen molar-refractivity contribution < 1.29 is 27.5 Å². The van der Waals surface area contributed by atoms with Crippen LogP contribution in [0.25, 0.3) is 0 Å². The zero-order valence-electron chi connectivity index (χ0n) is 18.4.